The van der Waals surface area contributed by atoms with Crippen molar-refractivity contribution in [2.24, 2.45) is 5.92 Å². The van der Waals surface area contributed by atoms with E-state index in [0.29, 0.717) is 19.0 Å². The van der Waals surface area contributed by atoms with Gasteiger partial charge in [-0.05, 0) is 37.3 Å². The van der Waals surface area contributed by atoms with Gasteiger partial charge in [0, 0.05) is 25.2 Å². The Balaban J connectivity index is 1.71. The Hall–Kier alpha value is -0.910. The molecular weight excluding hydrogens is 308 g/mol. The lowest BCUT2D eigenvalue weighted by Crippen LogP contribution is -2.48. The molecule has 2 aliphatic heterocycles. The number of hydrogen-bond donors (Lipinski definition) is 0. The van der Waals surface area contributed by atoms with Crippen molar-refractivity contribution < 1.29 is 8.42 Å². The molecule has 1 atom stereocenters. The third-order valence-electron chi connectivity index (χ3n) is 5.21. The molecule has 4 nitrogen and oxygen atoms in total. The summed E-state index contributed by atoms with van der Waals surface area (Å²) in [4.78, 5) is 2.55. The van der Waals surface area contributed by atoms with E-state index in [1.165, 1.54) is 6.42 Å². The summed E-state index contributed by atoms with van der Waals surface area (Å²) in [5.74, 6) is 0.744. The fourth-order valence-corrected chi connectivity index (χ4v) is 5.72. The Morgan fingerprint density at radius 1 is 1.13 bits per heavy atom. The molecule has 23 heavy (non-hydrogen) atoms. The standard InChI is InChI=1S/C18H28N2O2S/c1-16(2)13-19-11-6-9-18(19)10-12-20(15-18)23(21,22)14-17-7-4-3-5-8-17/h3-5,7-8,16H,6,9-15H2,1-2H3/t18-/m0/s1. The molecule has 2 saturated heterocycles. The fourth-order valence-electron chi connectivity index (χ4n) is 4.11. The summed E-state index contributed by atoms with van der Waals surface area (Å²) in [6.07, 6.45) is 3.31. The predicted octanol–water partition coefficient (Wildman–Crippen LogP) is 2.71. The van der Waals surface area contributed by atoms with E-state index in [1.54, 1.807) is 4.31 Å². The highest BCUT2D eigenvalue weighted by molar-refractivity contribution is 7.88. The summed E-state index contributed by atoms with van der Waals surface area (Å²) in [5, 5.41) is 0. The van der Waals surface area contributed by atoms with Gasteiger partial charge in [-0.2, -0.15) is 4.31 Å². The minimum absolute atomic E-state index is 0.0913. The van der Waals surface area contributed by atoms with Crippen LogP contribution in [0.15, 0.2) is 30.3 Å². The van der Waals surface area contributed by atoms with Crippen LogP contribution in [0.3, 0.4) is 0 Å². The van der Waals surface area contributed by atoms with Crippen molar-refractivity contribution in [3.63, 3.8) is 0 Å². The largest absolute Gasteiger partial charge is 0.296 e. The lowest BCUT2D eigenvalue weighted by molar-refractivity contribution is 0.134. The quantitative estimate of drug-likeness (QED) is 0.830. The predicted molar refractivity (Wildman–Crippen MR) is 93.6 cm³/mol. The summed E-state index contributed by atoms with van der Waals surface area (Å²) in [7, 11) is -3.22. The maximum atomic E-state index is 12.8. The number of benzene rings is 1. The molecule has 0 bridgehead atoms. The van der Waals surface area contributed by atoms with E-state index in [2.05, 4.69) is 18.7 Å². The summed E-state index contributed by atoms with van der Waals surface area (Å²) in [5.41, 5.74) is 0.965. The number of sulfonamides is 1. The van der Waals surface area contributed by atoms with Crippen molar-refractivity contribution in [1.29, 1.82) is 0 Å². The summed E-state index contributed by atoms with van der Waals surface area (Å²) in [6.45, 7) is 8.02. The van der Waals surface area contributed by atoms with E-state index in [4.69, 9.17) is 0 Å². The molecule has 2 heterocycles. The monoisotopic (exact) mass is 336 g/mol. The average molecular weight is 337 g/mol. The van der Waals surface area contributed by atoms with Crippen LogP contribution in [0.1, 0.15) is 38.7 Å². The van der Waals surface area contributed by atoms with Crippen LogP contribution in [0.5, 0.6) is 0 Å². The van der Waals surface area contributed by atoms with Crippen LogP contribution in [0.2, 0.25) is 0 Å². The smallest absolute Gasteiger partial charge is 0.218 e. The molecule has 1 aromatic rings. The molecule has 0 amide bonds. The van der Waals surface area contributed by atoms with Gasteiger partial charge in [-0.3, -0.25) is 4.90 Å². The van der Waals surface area contributed by atoms with Gasteiger partial charge in [-0.15, -0.1) is 0 Å². The Morgan fingerprint density at radius 2 is 1.87 bits per heavy atom. The zero-order valence-corrected chi connectivity index (χ0v) is 15.1. The summed E-state index contributed by atoms with van der Waals surface area (Å²) >= 11 is 0. The maximum Gasteiger partial charge on any atom is 0.218 e. The van der Waals surface area contributed by atoms with E-state index in [0.717, 1.165) is 31.5 Å². The molecule has 0 aromatic heterocycles. The van der Waals surface area contributed by atoms with Gasteiger partial charge < -0.3 is 0 Å². The minimum atomic E-state index is -3.22. The maximum absolute atomic E-state index is 12.8. The fraction of sp³-hybridized carbons (Fsp3) is 0.667. The van der Waals surface area contributed by atoms with Crippen LogP contribution in [0.25, 0.3) is 0 Å². The van der Waals surface area contributed by atoms with E-state index >= 15 is 0 Å². The van der Waals surface area contributed by atoms with Gasteiger partial charge in [0.05, 0.1) is 5.75 Å². The zero-order valence-electron chi connectivity index (χ0n) is 14.2. The highest BCUT2D eigenvalue weighted by atomic mass is 32.2. The lowest BCUT2D eigenvalue weighted by Gasteiger charge is -2.36. The number of rotatable bonds is 5. The molecule has 5 heteroatoms. The molecule has 2 fully saturated rings. The third-order valence-corrected chi connectivity index (χ3v) is 7.01. The van der Waals surface area contributed by atoms with Gasteiger partial charge in [-0.25, -0.2) is 8.42 Å². The van der Waals surface area contributed by atoms with Gasteiger partial charge in [-0.1, -0.05) is 44.2 Å². The Kier molecular flexibility index (Phi) is 4.81. The van der Waals surface area contributed by atoms with Crippen molar-refractivity contribution in [3.8, 4) is 0 Å². The van der Waals surface area contributed by atoms with E-state index < -0.39 is 10.0 Å². The molecule has 0 aliphatic carbocycles. The molecule has 2 aliphatic rings. The first-order chi connectivity index (χ1) is 10.9. The van der Waals surface area contributed by atoms with Crippen LogP contribution in [0, 0.1) is 5.92 Å². The Labute approximate surface area is 140 Å². The Morgan fingerprint density at radius 3 is 2.57 bits per heavy atom. The molecule has 0 unspecified atom stereocenters. The first kappa shape index (κ1) is 16.9. The van der Waals surface area contributed by atoms with Crippen molar-refractivity contribution >= 4 is 10.0 Å². The molecule has 0 radical (unpaired) electrons. The topological polar surface area (TPSA) is 40.6 Å². The minimum Gasteiger partial charge on any atom is -0.296 e. The van der Waals surface area contributed by atoms with Gasteiger partial charge in [0.15, 0.2) is 0 Å². The van der Waals surface area contributed by atoms with Crippen LogP contribution in [-0.4, -0.2) is 49.3 Å². The average Bonchev–Trinajstić information content (AvgIpc) is 3.08. The zero-order chi connectivity index (χ0) is 16.5. The first-order valence-electron chi connectivity index (χ1n) is 8.68. The SMILES string of the molecule is CC(C)CN1CCC[C@@]12CCN(S(=O)(=O)Cc1ccccc1)C2. The van der Waals surface area contributed by atoms with Crippen molar-refractivity contribution in [1.82, 2.24) is 9.21 Å². The van der Waals surface area contributed by atoms with Crippen LogP contribution < -0.4 is 0 Å². The van der Waals surface area contributed by atoms with Crippen LogP contribution in [-0.2, 0) is 15.8 Å². The molecule has 3 rings (SSSR count). The van der Waals surface area contributed by atoms with E-state index in [1.807, 2.05) is 30.3 Å². The molecule has 1 spiro atoms. The number of nitrogens with zero attached hydrogens (tertiary/aromatic N) is 2. The van der Waals surface area contributed by atoms with Crippen molar-refractivity contribution in [3.05, 3.63) is 35.9 Å². The van der Waals surface area contributed by atoms with Gasteiger partial charge in [0.1, 0.15) is 0 Å². The van der Waals surface area contributed by atoms with E-state index in [-0.39, 0.29) is 11.3 Å². The highest BCUT2D eigenvalue weighted by Gasteiger charge is 2.48. The normalized spacial score (nSPS) is 26.6. The molecule has 0 N–H and O–H groups in total. The number of likely N-dealkylation sites (tertiary alicyclic amines) is 1. The van der Waals surface area contributed by atoms with Crippen molar-refractivity contribution in [2.45, 2.75) is 44.4 Å². The van der Waals surface area contributed by atoms with Crippen molar-refractivity contribution in [2.75, 3.05) is 26.2 Å². The molecule has 0 saturated carbocycles. The molecule has 1 aromatic carbocycles. The highest BCUT2D eigenvalue weighted by Crippen LogP contribution is 2.39. The van der Waals surface area contributed by atoms with Gasteiger partial charge in [0.25, 0.3) is 0 Å². The Bertz CT molecular complexity index is 630. The molecule has 128 valence electrons. The lowest BCUT2D eigenvalue weighted by atomic mass is 9.94. The van der Waals surface area contributed by atoms with E-state index in [9.17, 15) is 8.42 Å². The summed E-state index contributed by atoms with van der Waals surface area (Å²) < 4.78 is 27.3. The number of hydrogen-bond acceptors (Lipinski definition) is 3. The van der Waals surface area contributed by atoms with Crippen LogP contribution >= 0.6 is 0 Å². The second-order valence-corrected chi connectivity index (χ2v) is 9.46. The summed E-state index contributed by atoms with van der Waals surface area (Å²) in [6, 6.07) is 9.51. The second-order valence-electron chi connectivity index (χ2n) is 7.49. The first-order valence-corrected chi connectivity index (χ1v) is 10.3. The van der Waals surface area contributed by atoms with Gasteiger partial charge in [0.2, 0.25) is 10.0 Å². The van der Waals surface area contributed by atoms with Crippen LogP contribution in [0.4, 0.5) is 0 Å². The van der Waals surface area contributed by atoms with Gasteiger partial charge >= 0.3 is 0 Å². The third kappa shape index (κ3) is 3.62. The molecular formula is C18H28N2O2S. The second kappa shape index (κ2) is 6.54.